The maximum atomic E-state index is 13.9. The van der Waals surface area contributed by atoms with Gasteiger partial charge in [0.25, 0.3) is 11.5 Å². The molecule has 38 heavy (non-hydrogen) atoms. The Bertz CT molecular complexity index is 1550. The number of nitriles is 1. The third-order valence-electron chi connectivity index (χ3n) is 5.51. The number of carbonyl (C=O) groups excluding carboxylic acids is 1. The average molecular weight is 551 g/mol. The molecule has 0 saturated carbocycles. The molecule has 2 aromatic carbocycles. The lowest BCUT2D eigenvalue weighted by atomic mass is 10.1. The number of carbonyl (C=O) groups is 1. The molecule has 1 saturated heterocycles. The Morgan fingerprint density at radius 3 is 2.37 bits per heavy atom. The molecule has 4 rings (SSSR count). The summed E-state index contributed by atoms with van der Waals surface area (Å²) in [5, 5.41) is 9.89. The maximum absolute atomic E-state index is 13.9. The lowest BCUT2D eigenvalue weighted by Gasteiger charge is -2.26. The topological polar surface area (TPSA) is 84.6 Å². The van der Waals surface area contributed by atoms with Crippen LogP contribution in [0.3, 0.4) is 0 Å². The number of amides is 1. The van der Waals surface area contributed by atoms with Crippen LogP contribution in [-0.2, 0) is 15.7 Å². The highest BCUT2D eigenvalue weighted by atomic mass is 32.1. The van der Waals surface area contributed by atoms with Crippen LogP contribution < -0.4 is 19.5 Å². The van der Waals surface area contributed by atoms with Gasteiger partial charge in [-0.15, -0.1) is 11.3 Å². The fourth-order valence-corrected chi connectivity index (χ4v) is 4.88. The molecule has 13 heteroatoms. The molecule has 0 radical (unpaired) electrons. The molecule has 0 atom stereocenters. The summed E-state index contributed by atoms with van der Waals surface area (Å²) < 4.78 is 76.3. The third-order valence-corrected chi connectivity index (χ3v) is 6.61. The summed E-state index contributed by atoms with van der Waals surface area (Å²) in [6.07, 6.45) is -3.51. The standard InChI is InChI=1S/C25H18F5N3O4S/c26-24(27)37-16-7-5-15(6-8-16)13-20-22(35)33(19-4-2-1-3-18(19)25(28,29)30)23(38-20)17(14-31)21(34)32-9-11-36-12-10-32/h1-8,13,24H,9-12H2/b20-13+,23-17+. The zero-order valence-corrected chi connectivity index (χ0v) is 20.2. The molecular formula is C25H18F5N3O4S. The lowest BCUT2D eigenvalue weighted by molar-refractivity contribution is -0.137. The number of rotatable bonds is 5. The number of hydrogen-bond donors (Lipinski definition) is 0. The van der Waals surface area contributed by atoms with Crippen LogP contribution in [0.25, 0.3) is 17.3 Å². The van der Waals surface area contributed by atoms with Gasteiger partial charge in [0.2, 0.25) is 0 Å². The van der Waals surface area contributed by atoms with Crippen LogP contribution in [0, 0.1) is 11.3 Å². The number of aromatic nitrogens is 1. The molecule has 2 heterocycles. The van der Waals surface area contributed by atoms with Crippen molar-refractivity contribution in [2.45, 2.75) is 12.8 Å². The first-order valence-corrected chi connectivity index (χ1v) is 11.9. The number of nitrogens with zero attached hydrogens (tertiary/aromatic N) is 3. The number of thiazole rings is 1. The fourth-order valence-electron chi connectivity index (χ4n) is 3.79. The van der Waals surface area contributed by atoms with Crippen molar-refractivity contribution in [1.82, 2.24) is 9.47 Å². The van der Waals surface area contributed by atoms with E-state index in [1.54, 1.807) is 6.07 Å². The maximum Gasteiger partial charge on any atom is 0.418 e. The van der Waals surface area contributed by atoms with Crippen molar-refractivity contribution >= 4 is 28.9 Å². The van der Waals surface area contributed by atoms with Gasteiger partial charge < -0.3 is 14.4 Å². The van der Waals surface area contributed by atoms with E-state index in [9.17, 15) is 36.8 Å². The van der Waals surface area contributed by atoms with Crippen LogP contribution in [0.5, 0.6) is 5.75 Å². The normalized spacial score (nSPS) is 15.4. The molecule has 0 aliphatic carbocycles. The molecule has 0 spiro atoms. The predicted molar refractivity (Wildman–Crippen MR) is 127 cm³/mol. The van der Waals surface area contributed by atoms with Crippen LogP contribution in [0.2, 0.25) is 0 Å². The molecular weight excluding hydrogens is 533 g/mol. The van der Waals surface area contributed by atoms with E-state index in [1.807, 2.05) is 0 Å². The van der Waals surface area contributed by atoms with Crippen molar-refractivity contribution in [2.75, 3.05) is 26.3 Å². The predicted octanol–water partition coefficient (Wildman–Crippen LogP) is 2.88. The summed E-state index contributed by atoms with van der Waals surface area (Å²) in [7, 11) is 0. The number of morpholine rings is 1. The second-order valence-corrected chi connectivity index (χ2v) is 8.94. The quantitative estimate of drug-likeness (QED) is 0.456. The van der Waals surface area contributed by atoms with E-state index >= 15 is 0 Å². The molecule has 0 N–H and O–H groups in total. The Morgan fingerprint density at radius 1 is 1.11 bits per heavy atom. The largest absolute Gasteiger partial charge is 0.435 e. The Labute approximate surface area is 215 Å². The number of alkyl halides is 5. The van der Waals surface area contributed by atoms with Gasteiger partial charge in [-0.3, -0.25) is 14.2 Å². The minimum absolute atomic E-state index is 0.0815. The molecule has 0 unspecified atom stereocenters. The number of ether oxygens (including phenoxy) is 2. The van der Waals surface area contributed by atoms with Crippen LogP contribution in [0.4, 0.5) is 22.0 Å². The monoisotopic (exact) mass is 551 g/mol. The highest BCUT2D eigenvalue weighted by molar-refractivity contribution is 7.07. The molecule has 7 nitrogen and oxygen atoms in total. The van der Waals surface area contributed by atoms with E-state index < -0.39 is 41.1 Å². The number of hydrogen-bond acceptors (Lipinski definition) is 6. The molecule has 1 aliphatic rings. The van der Waals surface area contributed by atoms with Crippen molar-refractivity contribution in [3.05, 3.63) is 79.2 Å². The summed E-state index contributed by atoms with van der Waals surface area (Å²) >= 11 is 0.673. The molecule has 198 valence electrons. The van der Waals surface area contributed by atoms with Crippen molar-refractivity contribution in [3.63, 3.8) is 0 Å². The van der Waals surface area contributed by atoms with E-state index in [2.05, 4.69) is 4.74 Å². The number of para-hydroxylation sites is 1. The summed E-state index contributed by atoms with van der Waals surface area (Å²) in [6, 6.07) is 11.3. The van der Waals surface area contributed by atoms with Gasteiger partial charge in [0.15, 0.2) is 5.57 Å². The van der Waals surface area contributed by atoms with Crippen LogP contribution >= 0.6 is 11.3 Å². The number of halogens is 5. The average Bonchev–Trinajstić information content (AvgIpc) is 3.20. The van der Waals surface area contributed by atoms with Crippen molar-refractivity contribution in [3.8, 4) is 17.5 Å². The van der Waals surface area contributed by atoms with Gasteiger partial charge in [-0.1, -0.05) is 24.3 Å². The Kier molecular flexibility index (Phi) is 7.94. The van der Waals surface area contributed by atoms with Crippen LogP contribution in [0.15, 0.2) is 53.3 Å². The van der Waals surface area contributed by atoms with E-state index in [-0.39, 0.29) is 41.2 Å². The van der Waals surface area contributed by atoms with Crippen molar-refractivity contribution in [2.24, 2.45) is 0 Å². The van der Waals surface area contributed by atoms with Gasteiger partial charge in [0, 0.05) is 13.1 Å². The molecule has 1 fully saturated rings. The molecule has 1 aliphatic heterocycles. The van der Waals surface area contributed by atoms with E-state index in [0.717, 1.165) is 18.2 Å². The zero-order valence-electron chi connectivity index (χ0n) is 19.4. The molecule has 3 aromatic rings. The van der Waals surface area contributed by atoms with Crippen molar-refractivity contribution < 1.29 is 36.2 Å². The highest BCUT2D eigenvalue weighted by Crippen LogP contribution is 2.33. The summed E-state index contributed by atoms with van der Waals surface area (Å²) in [5.74, 6) is -0.868. The van der Waals surface area contributed by atoms with Gasteiger partial charge in [0.05, 0.1) is 29.0 Å². The van der Waals surface area contributed by atoms with Gasteiger partial charge in [-0.05, 0) is 35.9 Å². The van der Waals surface area contributed by atoms with Crippen molar-refractivity contribution in [1.29, 1.82) is 5.26 Å². The molecule has 0 bridgehead atoms. The Balaban J connectivity index is 1.98. The first-order valence-electron chi connectivity index (χ1n) is 11.1. The second-order valence-electron chi connectivity index (χ2n) is 7.91. The van der Waals surface area contributed by atoms with E-state index in [0.29, 0.717) is 21.5 Å². The third kappa shape index (κ3) is 5.76. The van der Waals surface area contributed by atoms with Crippen LogP contribution in [-0.4, -0.2) is 48.3 Å². The lowest BCUT2D eigenvalue weighted by Crippen LogP contribution is -2.42. The molecule has 1 amide bonds. The molecule has 1 aromatic heterocycles. The SMILES string of the molecule is N#C/C(C(=O)N1CCOCC1)=c1\s/c(=C/c2ccc(OC(F)F)cc2)c(=O)n1-c1ccccc1C(F)(F)F. The van der Waals surface area contributed by atoms with Crippen LogP contribution in [0.1, 0.15) is 11.1 Å². The van der Waals surface area contributed by atoms with Gasteiger partial charge >= 0.3 is 12.8 Å². The van der Waals surface area contributed by atoms with Gasteiger partial charge in [-0.25, -0.2) is 0 Å². The summed E-state index contributed by atoms with van der Waals surface area (Å²) in [6.45, 7) is -2.24. The van der Waals surface area contributed by atoms with Gasteiger partial charge in [-0.2, -0.15) is 27.2 Å². The fraction of sp³-hybridized carbons (Fsp3) is 0.240. The van der Waals surface area contributed by atoms with E-state index in [4.69, 9.17) is 4.74 Å². The highest BCUT2D eigenvalue weighted by Gasteiger charge is 2.35. The zero-order chi connectivity index (χ0) is 27.4. The number of benzene rings is 2. The minimum Gasteiger partial charge on any atom is -0.435 e. The minimum atomic E-state index is -4.83. The Morgan fingerprint density at radius 2 is 1.76 bits per heavy atom. The Hall–Kier alpha value is -4.02. The first-order chi connectivity index (χ1) is 18.1. The summed E-state index contributed by atoms with van der Waals surface area (Å²) in [5.41, 5.74) is -2.70. The van der Waals surface area contributed by atoms with E-state index in [1.165, 1.54) is 41.3 Å². The smallest absolute Gasteiger partial charge is 0.418 e. The second kappa shape index (κ2) is 11.2. The first kappa shape index (κ1) is 27.0. The van der Waals surface area contributed by atoms with Gasteiger partial charge in [0.1, 0.15) is 16.5 Å². The summed E-state index contributed by atoms with van der Waals surface area (Å²) in [4.78, 5) is 28.0.